The molecular weight excluding hydrogens is 390 g/mol. The molecule has 0 aliphatic heterocycles. The fraction of sp³-hybridized carbons (Fsp3) is 0.0714. The van der Waals surface area contributed by atoms with Gasteiger partial charge in [-0.25, -0.2) is 4.79 Å². The average molecular weight is 401 g/mol. The quantitative estimate of drug-likeness (QED) is 0.546. The van der Waals surface area contributed by atoms with Crippen molar-refractivity contribution in [2.45, 2.75) is 6.54 Å². The number of Topliss-reactive ketones (excluding diaryl/α,β-unsaturated/α-hetero) is 1. The molecule has 1 heterocycles. The van der Waals surface area contributed by atoms with E-state index in [2.05, 4.69) is 15.9 Å². The zero-order valence-electron chi connectivity index (χ0n) is 10.3. The van der Waals surface area contributed by atoms with Crippen molar-refractivity contribution in [1.82, 2.24) is 0 Å². The van der Waals surface area contributed by atoms with Gasteiger partial charge in [0.2, 0.25) is 12.3 Å². The molecule has 0 aliphatic carbocycles. The van der Waals surface area contributed by atoms with E-state index in [9.17, 15) is 9.59 Å². The van der Waals surface area contributed by atoms with Crippen LogP contribution in [0.2, 0.25) is 0 Å². The zero-order chi connectivity index (χ0) is 13.8. The summed E-state index contributed by atoms with van der Waals surface area (Å²) in [5.74, 6) is -1.10. The fourth-order valence-electron chi connectivity index (χ4n) is 1.69. The van der Waals surface area contributed by atoms with Gasteiger partial charge in [0.15, 0.2) is 12.4 Å². The first-order valence-electron chi connectivity index (χ1n) is 5.57. The third kappa shape index (κ3) is 4.25. The van der Waals surface area contributed by atoms with Crippen molar-refractivity contribution in [3.8, 4) is 0 Å². The van der Waals surface area contributed by atoms with Crippen LogP contribution in [0.3, 0.4) is 0 Å². The average Bonchev–Trinajstić information content (AvgIpc) is 2.39. The molecule has 0 radical (unpaired) electrons. The van der Waals surface area contributed by atoms with Crippen LogP contribution in [-0.4, -0.2) is 16.9 Å². The molecule has 2 rings (SSSR count). The summed E-state index contributed by atoms with van der Waals surface area (Å²) in [6, 6.07) is 10.4. The fourth-order valence-corrected chi connectivity index (χ4v) is 2.20. The summed E-state index contributed by atoms with van der Waals surface area (Å²) < 4.78 is 2.18. The molecule has 6 heteroatoms. The Hall–Kier alpha value is -1.53. The summed E-state index contributed by atoms with van der Waals surface area (Å²) in [7, 11) is 0. The number of nitrogens with zero attached hydrogens (tertiary/aromatic N) is 1. The summed E-state index contributed by atoms with van der Waals surface area (Å²) >= 11 is 3.23. The molecule has 1 N–H and O–H groups in total. The lowest BCUT2D eigenvalue weighted by atomic mass is 10.1. The Labute approximate surface area is 135 Å². The Kier molecular flexibility index (Phi) is 6.04. The summed E-state index contributed by atoms with van der Waals surface area (Å²) in [6.45, 7) is 0.101. The largest absolute Gasteiger partial charge is 1.00 e. The lowest BCUT2D eigenvalue weighted by molar-refractivity contribution is -0.683. The minimum atomic E-state index is -1.03. The van der Waals surface area contributed by atoms with Crippen LogP contribution in [-0.2, 0) is 6.54 Å². The number of aromatic carboxylic acids is 1. The lowest BCUT2D eigenvalue weighted by Gasteiger charge is -2.00. The van der Waals surface area contributed by atoms with Crippen molar-refractivity contribution in [2.75, 3.05) is 0 Å². The first kappa shape index (κ1) is 16.5. The number of hydrogen-bond acceptors (Lipinski definition) is 2. The number of carboxylic acids is 1. The number of rotatable bonds is 4. The van der Waals surface area contributed by atoms with Gasteiger partial charge in [-0.1, -0.05) is 30.3 Å². The maximum atomic E-state index is 12.0. The molecule has 1 aromatic heterocycles. The standard InChI is InChI=1S/C14H10BrNO3.BrH/c15-12-6-11(14(18)19)7-16(8-12)9-13(17)10-4-2-1-3-5-10;/h1-8H,9H2;1H. The summed E-state index contributed by atoms with van der Waals surface area (Å²) in [5.41, 5.74) is 0.738. The van der Waals surface area contributed by atoms with Crippen LogP contribution in [0.25, 0.3) is 0 Å². The number of ketones is 1. The maximum absolute atomic E-state index is 12.0. The predicted octanol–water partition coefficient (Wildman–Crippen LogP) is -0.678. The number of carbonyl (C=O) groups is 2. The van der Waals surface area contributed by atoms with Gasteiger partial charge >= 0.3 is 5.97 Å². The van der Waals surface area contributed by atoms with Crippen molar-refractivity contribution in [3.05, 3.63) is 64.4 Å². The molecule has 0 fully saturated rings. The third-order valence-electron chi connectivity index (χ3n) is 2.56. The minimum absolute atomic E-state index is 0. The molecule has 0 spiro atoms. The Balaban J connectivity index is 0.00000200. The van der Waals surface area contributed by atoms with Crippen LogP contribution in [0.4, 0.5) is 0 Å². The number of pyridine rings is 1. The predicted molar refractivity (Wildman–Crippen MR) is 72.1 cm³/mol. The molecule has 0 saturated heterocycles. The van der Waals surface area contributed by atoms with E-state index in [1.807, 2.05) is 6.07 Å². The van der Waals surface area contributed by atoms with E-state index in [0.717, 1.165) is 0 Å². The zero-order valence-corrected chi connectivity index (χ0v) is 13.5. The molecule has 0 aliphatic rings. The monoisotopic (exact) mass is 399 g/mol. The minimum Gasteiger partial charge on any atom is -1.00 e. The highest BCUT2D eigenvalue weighted by Crippen LogP contribution is 2.09. The van der Waals surface area contributed by atoms with Crippen LogP contribution in [0, 0.1) is 0 Å². The number of carboxylic acid groups (broad SMARTS) is 1. The van der Waals surface area contributed by atoms with Gasteiger partial charge in [0, 0.05) is 5.56 Å². The molecule has 2 aromatic rings. The number of halogens is 2. The van der Waals surface area contributed by atoms with E-state index >= 15 is 0 Å². The number of aromatic nitrogens is 1. The Morgan fingerprint density at radius 1 is 1.10 bits per heavy atom. The highest BCUT2D eigenvalue weighted by Gasteiger charge is 2.16. The topological polar surface area (TPSA) is 58.2 Å². The molecule has 0 unspecified atom stereocenters. The van der Waals surface area contributed by atoms with E-state index in [-0.39, 0.29) is 34.9 Å². The third-order valence-corrected chi connectivity index (χ3v) is 2.99. The van der Waals surface area contributed by atoms with E-state index < -0.39 is 5.97 Å². The molecule has 0 bridgehead atoms. The van der Waals surface area contributed by atoms with Gasteiger partial charge in [-0.2, -0.15) is 4.57 Å². The van der Waals surface area contributed by atoms with Gasteiger partial charge in [0.05, 0.1) is 4.47 Å². The second kappa shape index (κ2) is 7.31. The van der Waals surface area contributed by atoms with E-state index in [4.69, 9.17) is 5.11 Å². The number of hydrogen-bond donors (Lipinski definition) is 1. The van der Waals surface area contributed by atoms with Gasteiger partial charge in [-0.15, -0.1) is 0 Å². The lowest BCUT2D eigenvalue weighted by Crippen LogP contribution is -3.00. The van der Waals surface area contributed by atoms with Crippen molar-refractivity contribution in [1.29, 1.82) is 0 Å². The van der Waals surface area contributed by atoms with Crippen molar-refractivity contribution in [2.24, 2.45) is 0 Å². The van der Waals surface area contributed by atoms with Gasteiger partial charge in [-0.05, 0) is 22.0 Å². The van der Waals surface area contributed by atoms with Crippen LogP contribution < -0.4 is 21.5 Å². The first-order valence-corrected chi connectivity index (χ1v) is 6.37. The molecular formula is C14H11Br2NO3. The van der Waals surface area contributed by atoms with E-state index in [1.54, 1.807) is 35.0 Å². The SMILES string of the molecule is O=C(O)c1cc(Br)c[n+](CC(=O)c2ccccc2)c1.[Br-]. The highest BCUT2D eigenvalue weighted by molar-refractivity contribution is 9.10. The molecule has 1 aromatic carbocycles. The number of carbonyl (C=O) groups excluding carboxylic acids is 1. The maximum Gasteiger partial charge on any atom is 0.341 e. The summed E-state index contributed by atoms with van der Waals surface area (Å²) in [5, 5.41) is 8.97. The summed E-state index contributed by atoms with van der Waals surface area (Å²) in [4.78, 5) is 23.0. The van der Waals surface area contributed by atoms with Crippen LogP contribution in [0.5, 0.6) is 0 Å². The molecule has 104 valence electrons. The van der Waals surface area contributed by atoms with E-state index in [0.29, 0.717) is 10.0 Å². The molecule has 4 nitrogen and oxygen atoms in total. The van der Waals surface area contributed by atoms with Crippen molar-refractivity contribution >= 4 is 27.7 Å². The molecule has 0 atom stereocenters. The van der Waals surface area contributed by atoms with Crippen LogP contribution in [0.15, 0.2) is 53.3 Å². The molecule has 0 saturated carbocycles. The second-order valence-electron chi connectivity index (χ2n) is 4.01. The highest BCUT2D eigenvalue weighted by atomic mass is 79.9. The van der Waals surface area contributed by atoms with Crippen LogP contribution >= 0.6 is 15.9 Å². The Morgan fingerprint density at radius 2 is 1.75 bits per heavy atom. The smallest absolute Gasteiger partial charge is 0.341 e. The first-order chi connectivity index (χ1) is 9.06. The van der Waals surface area contributed by atoms with Crippen LogP contribution in [0.1, 0.15) is 20.7 Å². The second-order valence-corrected chi connectivity index (χ2v) is 4.93. The normalized spacial score (nSPS) is 9.65. The number of benzene rings is 1. The van der Waals surface area contributed by atoms with Gasteiger partial charge in [-0.3, -0.25) is 4.79 Å². The van der Waals surface area contributed by atoms with Crippen molar-refractivity contribution in [3.63, 3.8) is 0 Å². The summed E-state index contributed by atoms with van der Waals surface area (Å²) in [6.07, 6.45) is 3.11. The van der Waals surface area contributed by atoms with Gasteiger partial charge < -0.3 is 22.1 Å². The van der Waals surface area contributed by atoms with Gasteiger partial charge in [0.25, 0.3) is 0 Å². The molecule has 0 amide bonds. The van der Waals surface area contributed by atoms with E-state index in [1.165, 1.54) is 12.3 Å². The van der Waals surface area contributed by atoms with Gasteiger partial charge in [0.1, 0.15) is 5.56 Å². The van der Waals surface area contributed by atoms with Crippen molar-refractivity contribution < 1.29 is 36.2 Å². The Bertz CT molecular complexity index is 630. The Morgan fingerprint density at radius 3 is 2.35 bits per heavy atom. The molecule has 20 heavy (non-hydrogen) atoms.